The van der Waals surface area contributed by atoms with E-state index in [-0.39, 0.29) is 31.4 Å². The zero-order chi connectivity index (χ0) is 26.5. The van der Waals surface area contributed by atoms with Gasteiger partial charge < -0.3 is 19.5 Å². The highest BCUT2D eigenvalue weighted by Crippen LogP contribution is 2.37. The van der Waals surface area contributed by atoms with Crippen LogP contribution < -0.4 is 5.32 Å². The van der Waals surface area contributed by atoms with Gasteiger partial charge in [-0.3, -0.25) is 14.7 Å². The molecule has 12 heteroatoms. The lowest BCUT2D eigenvalue weighted by molar-refractivity contribution is -0.159. The predicted octanol–water partition coefficient (Wildman–Crippen LogP) is 3.61. The molecule has 198 valence electrons. The average molecular weight is 595 g/mol. The van der Waals surface area contributed by atoms with Crippen LogP contribution in [0.5, 0.6) is 0 Å². The lowest BCUT2D eigenvalue weighted by atomic mass is 9.95. The van der Waals surface area contributed by atoms with Crippen LogP contribution in [0.4, 0.5) is 4.39 Å². The van der Waals surface area contributed by atoms with Crippen molar-refractivity contribution in [3.05, 3.63) is 61.9 Å². The molecule has 2 atom stereocenters. The molecule has 2 aliphatic heterocycles. The van der Waals surface area contributed by atoms with Gasteiger partial charge in [-0.2, -0.15) is 0 Å². The van der Waals surface area contributed by atoms with Crippen molar-refractivity contribution < 1.29 is 28.2 Å². The zero-order valence-electron chi connectivity index (χ0n) is 20.7. The largest absolute Gasteiger partial charge is 0.463 e. The zero-order valence-corrected chi connectivity index (χ0v) is 23.1. The number of hydrogen-bond acceptors (Lipinski definition) is 10. The average Bonchev–Trinajstić information content (AvgIpc) is 3.39. The molecule has 1 N–H and O–H groups in total. The van der Waals surface area contributed by atoms with Gasteiger partial charge in [0.25, 0.3) is 0 Å². The van der Waals surface area contributed by atoms with E-state index in [0.29, 0.717) is 39.7 Å². The van der Waals surface area contributed by atoms with Crippen molar-refractivity contribution >= 4 is 45.0 Å². The standard InChI is InChI=1S/C25H28BrFN4O5S/c1-4-35-25(33)20-18(12-31-8-9-34-13-19(31)24(32)36-14(2)3)29-22(23-28-7-10-37-23)30-21(20)16-6-5-15(27)11-17(16)26/h5-7,10-11,14,19,21H,4,8-9,12-13H2,1-3H3,(H,29,30). The van der Waals surface area contributed by atoms with Crippen LogP contribution in [-0.4, -0.2) is 72.7 Å². The second-order valence-electron chi connectivity index (χ2n) is 8.67. The summed E-state index contributed by atoms with van der Waals surface area (Å²) in [5.74, 6) is -0.901. The van der Waals surface area contributed by atoms with E-state index >= 15 is 0 Å². The molecule has 0 spiro atoms. The Kier molecular flexibility index (Phi) is 9.06. The number of thiazole rings is 1. The van der Waals surface area contributed by atoms with E-state index in [1.54, 1.807) is 33.0 Å². The monoisotopic (exact) mass is 594 g/mol. The summed E-state index contributed by atoms with van der Waals surface area (Å²) in [5, 5.41) is 5.73. The molecule has 37 heavy (non-hydrogen) atoms. The van der Waals surface area contributed by atoms with Crippen LogP contribution in [0.2, 0.25) is 0 Å². The molecular formula is C25H28BrFN4O5S. The highest BCUT2D eigenvalue weighted by molar-refractivity contribution is 9.10. The summed E-state index contributed by atoms with van der Waals surface area (Å²) in [6.07, 6.45) is 1.39. The Morgan fingerprint density at radius 3 is 2.86 bits per heavy atom. The van der Waals surface area contributed by atoms with Crippen molar-refractivity contribution in [2.24, 2.45) is 4.99 Å². The molecular weight excluding hydrogens is 567 g/mol. The van der Waals surface area contributed by atoms with Gasteiger partial charge in [0, 0.05) is 34.8 Å². The third-order valence-corrected chi connectivity index (χ3v) is 7.20. The summed E-state index contributed by atoms with van der Waals surface area (Å²) >= 11 is 4.82. The first kappa shape index (κ1) is 27.4. The SMILES string of the molecule is CCOC(=O)C1=C(CN2CCOCC2C(=O)OC(C)C)NC(c2nccs2)=NC1c1ccc(F)cc1Br. The minimum atomic E-state index is -0.800. The lowest BCUT2D eigenvalue weighted by Crippen LogP contribution is -2.53. The van der Waals surface area contributed by atoms with E-state index in [1.165, 1.54) is 23.5 Å². The summed E-state index contributed by atoms with van der Waals surface area (Å²) < 4.78 is 30.9. The van der Waals surface area contributed by atoms with E-state index in [2.05, 4.69) is 26.2 Å². The molecule has 0 radical (unpaired) electrons. The van der Waals surface area contributed by atoms with Gasteiger partial charge in [-0.15, -0.1) is 11.3 Å². The highest BCUT2D eigenvalue weighted by Gasteiger charge is 2.37. The fraction of sp³-hybridized carbons (Fsp3) is 0.440. The number of halogens is 2. The van der Waals surface area contributed by atoms with Gasteiger partial charge >= 0.3 is 11.9 Å². The number of benzene rings is 1. The lowest BCUT2D eigenvalue weighted by Gasteiger charge is -2.36. The van der Waals surface area contributed by atoms with Crippen LogP contribution in [0.25, 0.3) is 0 Å². The molecule has 1 saturated heterocycles. The second kappa shape index (κ2) is 12.2. The molecule has 0 aliphatic carbocycles. The van der Waals surface area contributed by atoms with Crippen molar-refractivity contribution in [2.75, 3.05) is 32.9 Å². The maximum Gasteiger partial charge on any atom is 0.338 e. The number of aromatic nitrogens is 1. The van der Waals surface area contributed by atoms with Crippen LogP contribution >= 0.6 is 27.3 Å². The van der Waals surface area contributed by atoms with Crippen LogP contribution in [0.15, 0.2) is 50.5 Å². The number of carbonyl (C=O) groups excluding carboxylic acids is 2. The third-order valence-electron chi connectivity index (χ3n) is 5.74. The number of morpholine rings is 1. The van der Waals surface area contributed by atoms with E-state index < -0.39 is 29.8 Å². The minimum absolute atomic E-state index is 0.164. The van der Waals surface area contributed by atoms with E-state index in [4.69, 9.17) is 19.2 Å². The van der Waals surface area contributed by atoms with E-state index in [1.807, 2.05) is 10.3 Å². The van der Waals surface area contributed by atoms with E-state index in [9.17, 15) is 14.0 Å². The Bertz CT molecular complexity index is 1200. The Labute approximate surface area is 226 Å². The molecule has 1 aromatic carbocycles. The minimum Gasteiger partial charge on any atom is -0.463 e. The first-order valence-corrected chi connectivity index (χ1v) is 13.6. The summed E-state index contributed by atoms with van der Waals surface area (Å²) in [6, 6.07) is 2.80. The molecule has 9 nitrogen and oxygen atoms in total. The molecule has 2 unspecified atom stereocenters. The predicted molar refractivity (Wildman–Crippen MR) is 140 cm³/mol. The van der Waals surface area contributed by atoms with Crippen molar-refractivity contribution in [3.8, 4) is 0 Å². The number of nitrogens with one attached hydrogen (secondary N) is 1. The molecule has 0 amide bonds. The Morgan fingerprint density at radius 1 is 1.38 bits per heavy atom. The maximum atomic E-state index is 13.9. The molecule has 2 aromatic rings. The van der Waals surface area contributed by atoms with Crippen molar-refractivity contribution in [1.82, 2.24) is 15.2 Å². The highest BCUT2D eigenvalue weighted by atomic mass is 79.9. The number of hydrogen-bond donors (Lipinski definition) is 1. The second-order valence-corrected chi connectivity index (χ2v) is 10.4. The summed E-state index contributed by atoms with van der Waals surface area (Å²) in [5.41, 5.74) is 1.39. The van der Waals surface area contributed by atoms with Crippen LogP contribution in [0.3, 0.4) is 0 Å². The van der Waals surface area contributed by atoms with Gasteiger partial charge in [-0.05, 0) is 38.5 Å². The molecule has 2 aliphatic rings. The number of ether oxygens (including phenoxy) is 3. The third kappa shape index (κ3) is 6.43. The first-order valence-electron chi connectivity index (χ1n) is 11.9. The number of carbonyl (C=O) groups is 2. The normalized spacial score (nSPS) is 20.4. The molecule has 0 saturated carbocycles. The summed E-state index contributed by atoms with van der Waals surface area (Å²) in [4.78, 5) is 37.3. The van der Waals surface area contributed by atoms with Gasteiger partial charge in [0.05, 0.1) is 31.5 Å². The Balaban J connectivity index is 1.79. The van der Waals surface area contributed by atoms with Gasteiger partial charge in [0.2, 0.25) is 0 Å². The van der Waals surface area contributed by atoms with Crippen molar-refractivity contribution in [3.63, 3.8) is 0 Å². The number of esters is 2. The van der Waals surface area contributed by atoms with Crippen LogP contribution in [0.1, 0.15) is 37.4 Å². The molecule has 3 heterocycles. The van der Waals surface area contributed by atoms with E-state index in [0.717, 1.165) is 0 Å². The number of nitrogens with zero attached hydrogens (tertiary/aromatic N) is 3. The van der Waals surface area contributed by atoms with Crippen molar-refractivity contribution in [1.29, 1.82) is 0 Å². The van der Waals surface area contributed by atoms with Gasteiger partial charge in [-0.25, -0.2) is 14.2 Å². The number of rotatable bonds is 8. The Morgan fingerprint density at radius 2 is 2.19 bits per heavy atom. The number of aliphatic imine (C=N–C) groups is 1. The quantitative estimate of drug-likeness (QED) is 0.462. The van der Waals surface area contributed by atoms with Crippen molar-refractivity contribution in [2.45, 2.75) is 39.0 Å². The first-order chi connectivity index (χ1) is 17.8. The molecule has 1 aromatic heterocycles. The van der Waals surface area contributed by atoms with Gasteiger partial charge in [0.15, 0.2) is 10.8 Å². The summed E-state index contributed by atoms with van der Waals surface area (Å²) in [6.45, 7) is 6.72. The Hall–Kier alpha value is -2.67. The molecule has 4 rings (SSSR count). The van der Waals surface area contributed by atoms with Gasteiger partial charge in [0.1, 0.15) is 17.9 Å². The van der Waals surface area contributed by atoms with Crippen LogP contribution in [-0.2, 0) is 23.8 Å². The maximum absolute atomic E-state index is 13.9. The topological polar surface area (TPSA) is 102 Å². The summed E-state index contributed by atoms with van der Waals surface area (Å²) in [7, 11) is 0. The fourth-order valence-electron chi connectivity index (χ4n) is 4.13. The number of amidine groups is 1. The molecule has 1 fully saturated rings. The fourth-order valence-corrected chi connectivity index (χ4v) is 5.28. The van der Waals surface area contributed by atoms with Crippen LogP contribution in [0, 0.1) is 5.82 Å². The van der Waals surface area contributed by atoms with Gasteiger partial charge in [-0.1, -0.05) is 22.0 Å². The molecule has 0 bridgehead atoms. The smallest absolute Gasteiger partial charge is 0.338 e.